The first-order valence-corrected chi connectivity index (χ1v) is 8.79. The number of hydrogen-bond acceptors (Lipinski definition) is 5. The summed E-state index contributed by atoms with van der Waals surface area (Å²) in [6, 6.07) is 3.87. The molecule has 0 unspecified atom stereocenters. The third kappa shape index (κ3) is 4.17. The van der Waals surface area contributed by atoms with Crippen LogP contribution in [0, 0.1) is 6.92 Å². The molecule has 0 bridgehead atoms. The van der Waals surface area contributed by atoms with Crippen molar-refractivity contribution in [2.24, 2.45) is 7.05 Å². The van der Waals surface area contributed by atoms with Gasteiger partial charge in [-0.3, -0.25) is 0 Å². The highest BCUT2D eigenvalue weighted by Gasteiger charge is 2.07. The van der Waals surface area contributed by atoms with Crippen molar-refractivity contribution in [1.29, 1.82) is 0 Å². The van der Waals surface area contributed by atoms with Gasteiger partial charge < -0.3 is 15.2 Å². The molecular formula is C15H17N5OS2. The Balaban J connectivity index is 1.48. The first kappa shape index (κ1) is 15.7. The van der Waals surface area contributed by atoms with Crippen LogP contribution in [-0.2, 0) is 20.1 Å². The molecule has 0 aliphatic heterocycles. The van der Waals surface area contributed by atoms with Crippen LogP contribution in [0.1, 0.15) is 15.6 Å². The second-order valence-electron chi connectivity index (χ2n) is 5.08. The quantitative estimate of drug-likeness (QED) is 0.745. The van der Waals surface area contributed by atoms with E-state index in [1.165, 1.54) is 0 Å². The van der Waals surface area contributed by atoms with Gasteiger partial charge in [-0.2, -0.15) is 0 Å². The molecule has 3 aromatic rings. The number of aromatic nitrogens is 3. The van der Waals surface area contributed by atoms with Crippen LogP contribution in [0.15, 0.2) is 30.0 Å². The molecule has 0 aliphatic carbocycles. The Morgan fingerprint density at radius 2 is 2.13 bits per heavy atom. The van der Waals surface area contributed by atoms with Crippen LogP contribution < -0.4 is 10.6 Å². The molecule has 0 saturated carbocycles. The number of carbonyl (C=O) groups excluding carboxylic acids is 1. The maximum Gasteiger partial charge on any atom is 0.315 e. The Morgan fingerprint density at radius 1 is 1.30 bits per heavy atom. The van der Waals surface area contributed by atoms with E-state index in [2.05, 4.69) is 26.0 Å². The van der Waals surface area contributed by atoms with Crippen molar-refractivity contribution in [2.45, 2.75) is 20.0 Å². The average Bonchev–Trinajstić information content (AvgIpc) is 3.24. The Kier molecular flexibility index (Phi) is 4.73. The molecule has 8 heteroatoms. The molecule has 3 rings (SSSR count). The third-order valence-corrected chi connectivity index (χ3v) is 5.03. The van der Waals surface area contributed by atoms with Gasteiger partial charge >= 0.3 is 6.03 Å². The normalized spacial score (nSPS) is 10.7. The molecule has 3 heterocycles. The van der Waals surface area contributed by atoms with Crippen LogP contribution in [0.25, 0.3) is 10.6 Å². The van der Waals surface area contributed by atoms with E-state index < -0.39 is 0 Å². The van der Waals surface area contributed by atoms with Gasteiger partial charge in [0.1, 0.15) is 0 Å². The minimum Gasteiger partial charge on any atom is -0.340 e. The summed E-state index contributed by atoms with van der Waals surface area (Å²) in [5.41, 5.74) is 1.84. The summed E-state index contributed by atoms with van der Waals surface area (Å²) >= 11 is 3.29. The average molecular weight is 347 g/mol. The molecule has 3 aromatic heterocycles. The molecule has 0 aromatic carbocycles. The van der Waals surface area contributed by atoms with Crippen LogP contribution in [0.4, 0.5) is 4.79 Å². The molecule has 0 spiro atoms. The maximum absolute atomic E-state index is 11.8. The van der Waals surface area contributed by atoms with Gasteiger partial charge in [0, 0.05) is 23.5 Å². The first-order chi connectivity index (χ1) is 11.1. The number of imidazole rings is 1. The van der Waals surface area contributed by atoms with Crippen molar-refractivity contribution >= 4 is 28.7 Å². The molecule has 2 N–H and O–H groups in total. The van der Waals surface area contributed by atoms with Gasteiger partial charge in [-0.25, -0.2) is 14.8 Å². The second kappa shape index (κ2) is 6.93. The molecule has 0 radical (unpaired) electrons. The summed E-state index contributed by atoms with van der Waals surface area (Å²) in [6.07, 6.45) is 3.59. The van der Waals surface area contributed by atoms with E-state index in [0.29, 0.717) is 13.1 Å². The zero-order valence-electron chi connectivity index (χ0n) is 12.9. The van der Waals surface area contributed by atoms with E-state index in [1.807, 2.05) is 36.9 Å². The first-order valence-electron chi connectivity index (χ1n) is 7.10. The number of aryl methyl sites for hydroxylation is 2. The van der Waals surface area contributed by atoms with Gasteiger partial charge in [-0.05, 0) is 19.1 Å². The van der Waals surface area contributed by atoms with E-state index in [4.69, 9.17) is 0 Å². The molecule has 0 aliphatic rings. The third-order valence-electron chi connectivity index (χ3n) is 3.14. The van der Waals surface area contributed by atoms with Crippen LogP contribution in [0.2, 0.25) is 0 Å². The standard InChI is InChI=1S/C15H17N5OS2/c1-10-19-13(8-22-10)14-4-3-12(23-14)6-17-15(21)16-5-11-7-20(2)9-18-11/h3-4,7-9H,5-6H2,1-2H3,(H2,16,17,21). The highest BCUT2D eigenvalue weighted by atomic mass is 32.1. The van der Waals surface area contributed by atoms with Crippen LogP contribution in [0.3, 0.4) is 0 Å². The number of amides is 2. The van der Waals surface area contributed by atoms with Gasteiger partial charge in [-0.1, -0.05) is 0 Å². The molecule has 0 saturated heterocycles. The summed E-state index contributed by atoms with van der Waals surface area (Å²) < 4.78 is 1.85. The number of urea groups is 1. The number of thiophene rings is 1. The van der Waals surface area contributed by atoms with Crippen molar-refractivity contribution < 1.29 is 4.79 Å². The Labute approximate surface area is 142 Å². The predicted octanol–water partition coefficient (Wildman–Crippen LogP) is 2.91. The Bertz CT molecular complexity index is 804. The number of rotatable bonds is 5. The van der Waals surface area contributed by atoms with E-state index in [1.54, 1.807) is 29.0 Å². The van der Waals surface area contributed by atoms with Gasteiger partial charge in [0.15, 0.2) is 0 Å². The van der Waals surface area contributed by atoms with Crippen LogP contribution in [-0.4, -0.2) is 20.6 Å². The molecule has 0 atom stereocenters. The molecule has 0 fully saturated rings. The van der Waals surface area contributed by atoms with Gasteiger partial charge in [0.2, 0.25) is 0 Å². The zero-order valence-corrected chi connectivity index (χ0v) is 14.5. The van der Waals surface area contributed by atoms with Crippen LogP contribution in [0.5, 0.6) is 0 Å². The minimum absolute atomic E-state index is 0.199. The lowest BCUT2D eigenvalue weighted by molar-refractivity contribution is 0.240. The lowest BCUT2D eigenvalue weighted by Crippen LogP contribution is -2.34. The van der Waals surface area contributed by atoms with E-state index in [-0.39, 0.29) is 6.03 Å². The lowest BCUT2D eigenvalue weighted by atomic mass is 10.3. The van der Waals surface area contributed by atoms with Crippen molar-refractivity contribution in [2.75, 3.05) is 0 Å². The number of nitrogens with one attached hydrogen (secondary N) is 2. The predicted molar refractivity (Wildman–Crippen MR) is 92.4 cm³/mol. The van der Waals surface area contributed by atoms with Gasteiger partial charge in [-0.15, -0.1) is 22.7 Å². The van der Waals surface area contributed by atoms with Crippen molar-refractivity contribution in [3.05, 3.63) is 45.6 Å². The van der Waals surface area contributed by atoms with E-state index in [0.717, 1.165) is 26.1 Å². The van der Waals surface area contributed by atoms with E-state index >= 15 is 0 Å². The second-order valence-corrected chi connectivity index (χ2v) is 7.31. The number of carbonyl (C=O) groups is 1. The van der Waals surface area contributed by atoms with Crippen LogP contribution >= 0.6 is 22.7 Å². The molecule has 6 nitrogen and oxygen atoms in total. The number of hydrogen-bond donors (Lipinski definition) is 2. The minimum atomic E-state index is -0.199. The fraction of sp³-hybridized carbons (Fsp3) is 0.267. The zero-order chi connectivity index (χ0) is 16.2. The summed E-state index contributed by atoms with van der Waals surface area (Å²) in [4.78, 5) is 22.7. The van der Waals surface area contributed by atoms with Crippen molar-refractivity contribution in [1.82, 2.24) is 25.2 Å². The van der Waals surface area contributed by atoms with Crippen molar-refractivity contribution in [3.63, 3.8) is 0 Å². The smallest absolute Gasteiger partial charge is 0.315 e. The molecule has 23 heavy (non-hydrogen) atoms. The van der Waals surface area contributed by atoms with E-state index in [9.17, 15) is 4.79 Å². The summed E-state index contributed by atoms with van der Waals surface area (Å²) in [7, 11) is 1.90. The Morgan fingerprint density at radius 3 is 2.83 bits per heavy atom. The Hall–Kier alpha value is -2.19. The number of thiazole rings is 1. The molecule has 2 amide bonds. The van der Waals surface area contributed by atoms with Gasteiger partial charge in [0.05, 0.1) is 40.7 Å². The van der Waals surface area contributed by atoms with Crippen molar-refractivity contribution in [3.8, 4) is 10.6 Å². The molecule has 120 valence electrons. The SMILES string of the molecule is Cc1nc(-c2ccc(CNC(=O)NCc3cn(C)cn3)s2)cs1. The maximum atomic E-state index is 11.8. The summed E-state index contributed by atoms with van der Waals surface area (Å²) in [5, 5.41) is 8.76. The largest absolute Gasteiger partial charge is 0.340 e. The summed E-state index contributed by atoms with van der Waals surface area (Å²) in [5.74, 6) is 0. The molecular weight excluding hydrogens is 330 g/mol. The number of nitrogens with zero attached hydrogens (tertiary/aromatic N) is 3. The lowest BCUT2D eigenvalue weighted by Gasteiger charge is -2.05. The van der Waals surface area contributed by atoms with Gasteiger partial charge in [0.25, 0.3) is 0 Å². The summed E-state index contributed by atoms with van der Waals surface area (Å²) in [6.45, 7) is 2.92. The fourth-order valence-electron chi connectivity index (χ4n) is 2.05. The highest BCUT2D eigenvalue weighted by molar-refractivity contribution is 7.16. The monoisotopic (exact) mass is 347 g/mol. The topological polar surface area (TPSA) is 71.8 Å². The fourth-order valence-corrected chi connectivity index (χ4v) is 3.64. The highest BCUT2D eigenvalue weighted by Crippen LogP contribution is 2.28.